The first-order valence-electron chi connectivity index (χ1n) is 10.2. The molecule has 2 aromatic carbocycles. The minimum atomic E-state index is 0.0715. The lowest BCUT2D eigenvalue weighted by molar-refractivity contribution is -0.138. The Hall–Kier alpha value is -2.57. The number of aryl methyl sites for hydroxylation is 1. The molecule has 2 heterocycles. The lowest BCUT2D eigenvalue weighted by Gasteiger charge is -2.30. The van der Waals surface area contributed by atoms with Gasteiger partial charge in [-0.3, -0.25) is 14.8 Å². The molecule has 0 aliphatic carbocycles. The molecule has 156 valence electrons. The molecule has 0 bridgehead atoms. The first-order valence-corrected chi connectivity index (χ1v) is 11.0. The fraction of sp³-hybridized carbons (Fsp3) is 0.304. The maximum absolute atomic E-state index is 13.1. The highest BCUT2D eigenvalue weighted by Gasteiger charge is 2.29. The van der Waals surface area contributed by atoms with E-state index in [1.807, 2.05) is 54.4 Å². The molecule has 0 atom stereocenters. The zero-order valence-corrected chi connectivity index (χ0v) is 18.5. The van der Waals surface area contributed by atoms with Gasteiger partial charge in [-0.1, -0.05) is 41.9 Å². The molecule has 0 spiro atoms. The molecule has 3 aromatic rings. The molecular formula is C23H25ClN4OS. The van der Waals surface area contributed by atoms with Crippen LogP contribution in [0.1, 0.15) is 23.2 Å². The van der Waals surface area contributed by atoms with Gasteiger partial charge in [0.15, 0.2) is 5.11 Å². The smallest absolute Gasteiger partial charge is 0.245 e. The van der Waals surface area contributed by atoms with Crippen molar-refractivity contribution in [2.45, 2.75) is 26.2 Å². The number of aromatic nitrogens is 1. The average molecular weight is 441 g/mol. The molecule has 30 heavy (non-hydrogen) atoms. The third kappa shape index (κ3) is 4.45. The number of thiocarbonyl (C=S) groups is 1. The summed E-state index contributed by atoms with van der Waals surface area (Å²) in [7, 11) is 0. The van der Waals surface area contributed by atoms with Gasteiger partial charge >= 0.3 is 0 Å². The fourth-order valence-electron chi connectivity index (χ4n) is 3.94. The number of para-hydroxylation sites is 1. The summed E-state index contributed by atoms with van der Waals surface area (Å²) in [6.07, 6.45) is 2.12. The normalized spacial score (nSPS) is 13.8. The van der Waals surface area contributed by atoms with Gasteiger partial charge in [-0.15, -0.1) is 0 Å². The number of carbonyl (C=O) groups is 1. The number of H-pyrrole nitrogens is 1. The van der Waals surface area contributed by atoms with E-state index >= 15 is 0 Å². The Labute approximate surface area is 187 Å². The van der Waals surface area contributed by atoms with Crippen LogP contribution in [0.4, 0.5) is 0 Å². The van der Waals surface area contributed by atoms with Gasteiger partial charge in [-0.2, -0.15) is 0 Å². The number of rotatable bonds is 5. The van der Waals surface area contributed by atoms with E-state index in [9.17, 15) is 4.79 Å². The summed E-state index contributed by atoms with van der Waals surface area (Å²) < 4.78 is 0. The Morgan fingerprint density at radius 2 is 1.87 bits per heavy atom. The van der Waals surface area contributed by atoms with Crippen LogP contribution >= 0.6 is 23.8 Å². The van der Waals surface area contributed by atoms with Gasteiger partial charge in [0.25, 0.3) is 0 Å². The first-order chi connectivity index (χ1) is 14.5. The second-order valence-electron chi connectivity index (χ2n) is 7.55. The lowest BCUT2D eigenvalue weighted by atomic mass is 10.1. The molecule has 5 nitrogen and oxygen atoms in total. The number of hydrogen-bond donors (Lipinski definition) is 2. The van der Waals surface area contributed by atoms with Crippen LogP contribution in [0, 0.1) is 6.92 Å². The van der Waals surface area contributed by atoms with Crippen molar-refractivity contribution in [2.75, 3.05) is 19.6 Å². The van der Waals surface area contributed by atoms with Crippen LogP contribution in [0.15, 0.2) is 48.5 Å². The van der Waals surface area contributed by atoms with Gasteiger partial charge in [0, 0.05) is 41.3 Å². The summed E-state index contributed by atoms with van der Waals surface area (Å²) in [6, 6.07) is 15.9. The highest BCUT2D eigenvalue weighted by molar-refractivity contribution is 7.80. The summed E-state index contributed by atoms with van der Waals surface area (Å²) in [5.41, 5.74) is 4.36. The average Bonchev–Trinajstić information content (AvgIpc) is 3.35. The highest BCUT2D eigenvalue weighted by Crippen LogP contribution is 2.24. The van der Waals surface area contributed by atoms with Crippen molar-refractivity contribution in [1.82, 2.24) is 20.3 Å². The molecule has 1 fully saturated rings. The maximum atomic E-state index is 13.1. The van der Waals surface area contributed by atoms with E-state index < -0.39 is 0 Å². The van der Waals surface area contributed by atoms with Crippen molar-refractivity contribution in [3.05, 3.63) is 70.4 Å². The molecule has 4 rings (SSSR count). The number of carbonyl (C=O) groups excluding carboxylic acids is 1. The number of nitrogens with one attached hydrogen (secondary N) is 2. The predicted octanol–water partition coefficient (Wildman–Crippen LogP) is 4.24. The van der Waals surface area contributed by atoms with Crippen molar-refractivity contribution in [1.29, 1.82) is 0 Å². The maximum Gasteiger partial charge on any atom is 0.245 e. The topological polar surface area (TPSA) is 51.4 Å². The van der Waals surface area contributed by atoms with E-state index in [4.69, 9.17) is 23.8 Å². The Kier molecular flexibility index (Phi) is 6.25. The third-order valence-electron chi connectivity index (χ3n) is 5.51. The summed E-state index contributed by atoms with van der Waals surface area (Å²) in [5, 5.41) is 9.44. The predicted molar refractivity (Wildman–Crippen MR) is 126 cm³/mol. The zero-order valence-electron chi connectivity index (χ0n) is 17.0. The van der Waals surface area contributed by atoms with Crippen molar-refractivity contribution in [2.24, 2.45) is 0 Å². The van der Waals surface area contributed by atoms with Crippen LogP contribution in [0.25, 0.3) is 10.9 Å². The number of benzene rings is 2. The summed E-state index contributed by atoms with van der Waals surface area (Å²) in [6.45, 7) is 4.18. The molecule has 1 amide bonds. The fourth-order valence-corrected chi connectivity index (χ4v) is 4.36. The quantitative estimate of drug-likeness (QED) is 0.583. The van der Waals surface area contributed by atoms with E-state index in [-0.39, 0.29) is 5.91 Å². The zero-order chi connectivity index (χ0) is 21.1. The van der Waals surface area contributed by atoms with Crippen molar-refractivity contribution >= 4 is 45.7 Å². The monoisotopic (exact) mass is 440 g/mol. The number of nitrogens with zero attached hydrogens (tertiary/aromatic N) is 2. The second kappa shape index (κ2) is 9.06. The van der Waals surface area contributed by atoms with Crippen molar-refractivity contribution in [3.63, 3.8) is 0 Å². The number of fused-ring (bicyclic) bond motifs is 1. The molecule has 1 aliphatic heterocycles. The minimum absolute atomic E-state index is 0.0715. The molecule has 2 N–H and O–H groups in total. The van der Waals surface area contributed by atoms with Crippen molar-refractivity contribution in [3.8, 4) is 0 Å². The van der Waals surface area contributed by atoms with Gasteiger partial charge in [0.05, 0.1) is 6.42 Å². The van der Waals surface area contributed by atoms with E-state index in [1.165, 1.54) is 5.56 Å². The minimum Gasteiger partial charge on any atom is -0.361 e. The second-order valence-corrected chi connectivity index (χ2v) is 8.38. The van der Waals surface area contributed by atoms with Crippen LogP contribution in [-0.4, -0.2) is 45.7 Å². The van der Waals surface area contributed by atoms with E-state index in [1.54, 1.807) is 5.01 Å². The van der Waals surface area contributed by atoms with Crippen LogP contribution in [-0.2, 0) is 17.6 Å². The number of aromatic amines is 1. The Morgan fingerprint density at radius 1 is 1.13 bits per heavy atom. The largest absolute Gasteiger partial charge is 0.361 e. The van der Waals surface area contributed by atoms with Gasteiger partial charge in [0.1, 0.15) is 0 Å². The first kappa shape index (κ1) is 20.7. The molecule has 1 aromatic heterocycles. The van der Waals surface area contributed by atoms with Crippen molar-refractivity contribution < 1.29 is 4.79 Å². The summed E-state index contributed by atoms with van der Waals surface area (Å²) >= 11 is 11.5. The Morgan fingerprint density at radius 3 is 2.67 bits per heavy atom. The SMILES string of the molecule is Cc1[nH]c2ccccc2c1CC(=O)N1CCCN1C(=S)NCCc1ccc(Cl)cc1. The highest BCUT2D eigenvalue weighted by atomic mass is 35.5. The number of hydrogen-bond acceptors (Lipinski definition) is 2. The molecule has 1 aliphatic rings. The molecule has 0 unspecified atom stereocenters. The standard InChI is InChI=1S/C23H25ClN4OS/c1-16-20(19-5-2-3-6-21(19)26-16)15-22(29)27-13-4-14-28(27)23(30)25-12-11-17-7-9-18(24)10-8-17/h2-3,5-10,26H,4,11-15H2,1H3,(H,25,30). The van der Waals surface area contributed by atoms with Gasteiger partial charge in [-0.25, -0.2) is 0 Å². The van der Waals surface area contributed by atoms with E-state index in [0.29, 0.717) is 24.6 Å². The lowest BCUT2D eigenvalue weighted by Crippen LogP contribution is -2.49. The van der Waals surface area contributed by atoms with E-state index in [0.717, 1.165) is 46.6 Å². The molecule has 1 saturated heterocycles. The number of halogens is 1. The molecule has 7 heteroatoms. The van der Waals surface area contributed by atoms with Gasteiger partial charge < -0.3 is 10.3 Å². The van der Waals surface area contributed by atoms with Gasteiger partial charge in [0.2, 0.25) is 5.91 Å². The number of amides is 1. The third-order valence-corrected chi connectivity index (χ3v) is 6.12. The molecule has 0 saturated carbocycles. The van der Waals surface area contributed by atoms with Crippen LogP contribution in [0.5, 0.6) is 0 Å². The Bertz CT molecular complexity index is 1060. The van der Waals surface area contributed by atoms with Gasteiger partial charge in [-0.05, 0) is 61.3 Å². The van der Waals surface area contributed by atoms with Crippen LogP contribution in [0.3, 0.4) is 0 Å². The van der Waals surface area contributed by atoms with E-state index in [2.05, 4.69) is 16.4 Å². The Balaban J connectivity index is 1.37. The summed E-state index contributed by atoms with van der Waals surface area (Å²) in [4.78, 5) is 16.5. The van der Waals surface area contributed by atoms with Crippen LogP contribution < -0.4 is 5.32 Å². The molecule has 0 radical (unpaired) electrons. The number of hydrazine groups is 1. The van der Waals surface area contributed by atoms with Crippen LogP contribution in [0.2, 0.25) is 5.02 Å². The summed E-state index contributed by atoms with van der Waals surface area (Å²) in [5.74, 6) is 0.0715. The molecular weight excluding hydrogens is 416 g/mol.